The van der Waals surface area contributed by atoms with Crippen molar-refractivity contribution < 1.29 is 4.74 Å². The maximum absolute atomic E-state index is 8.43. The minimum absolute atomic E-state index is 0.269. The summed E-state index contributed by atoms with van der Waals surface area (Å²) in [6.07, 6.45) is 1.76. The Morgan fingerprint density at radius 3 is 2.45 bits per heavy atom. The third kappa shape index (κ3) is 4.26. The molecule has 2 aromatic rings. The van der Waals surface area contributed by atoms with E-state index in [1.54, 1.807) is 6.19 Å². The van der Waals surface area contributed by atoms with Gasteiger partial charge in [0.2, 0.25) is 0 Å². The number of rotatable bonds is 4. The van der Waals surface area contributed by atoms with Gasteiger partial charge in [-0.25, -0.2) is 0 Å². The fourth-order valence-electron chi connectivity index (χ4n) is 1.59. The highest BCUT2D eigenvalue weighted by atomic mass is 32.1. The number of nitrogens with zero attached hydrogens (tertiary/aromatic N) is 1. The van der Waals surface area contributed by atoms with Gasteiger partial charge in [-0.1, -0.05) is 30.3 Å². The van der Waals surface area contributed by atoms with Gasteiger partial charge in [-0.05, 0) is 42.0 Å². The maximum atomic E-state index is 8.43. The van der Waals surface area contributed by atoms with Gasteiger partial charge in [-0.2, -0.15) is 5.26 Å². The summed E-state index contributed by atoms with van der Waals surface area (Å²) in [5.41, 5.74) is 1.92. The van der Waals surface area contributed by atoms with Gasteiger partial charge < -0.3 is 10.1 Å². The van der Waals surface area contributed by atoms with Crippen LogP contribution < -0.4 is 15.4 Å². The Morgan fingerprint density at radius 1 is 1.10 bits per heavy atom. The molecule has 0 bridgehead atoms. The normalized spacial score (nSPS) is 9.35. The zero-order valence-electron chi connectivity index (χ0n) is 10.7. The number of hydrogen-bond donors (Lipinski definition) is 2. The van der Waals surface area contributed by atoms with E-state index < -0.39 is 0 Å². The lowest BCUT2D eigenvalue weighted by molar-refractivity contribution is 0.306. The molecule has 0 heterocycles. The molecular formula is C15H13N3OS. The highest BCUT2D eigenvalue weighted by Gasteiger charge is 1.98. The van der Waals surface area contributed by atoms with Crippen molar-refractivity contribution in [3.05, 3.63) is 60.2 Å². The summed E-state index contributed by atoms with van der Waals surface area (Å²) >= 11 is 4.91. The van der Waals surface area contributed by atoms with Crippen LogP contribution in [0.3, 0.4) is 0 Å². The Kier molecular flexibility index (Phi) is 4.93. The van der Waals surface area contributed by atoms with Gasteiger partial charge in [0, 0.05) is 5.69 Å². The average molecular weight is 283 g/mol. The summed E-state index contributed by atoms with van der Waals surface area (Å²) in [4.78, 5) is 0. The van der Waals surface area contributed by atoms with Crippen LogP contribution >= 0.6 is 12.2 Å². The van der Waals surface area contributed by atoms with E-state index in [2.05, 4.69) is 10.6 Å². The lowest BCUT2D eigenvalue weighted by Crippen LogP contribution is -2.23. The summed E-state index contributed by atoms with van der Waals surface area (Å²) < 4.78 is 5.67. The second-order valence-electron chi connectivity index (χ2n) is 3.99. The molecule has 0 saturated heterocycles. The summed E-state index contributed by atoms with van der Waals surface area (Å²) in [6, 6.07) is 17.3. The van der Waals surface area contributed by atoms with Gasteiger partial charge in [0.1, 0.15) is 12.4 Å². The summed E-state index contributed by atoms with van der Waals surface area (Å²) in [7, 11) is 0. The number of nitrogens with one attached hydrogen (secondary N) is 2. The first-order chi connectivity index (χ1) is 9.78. The zero-order valence-corrected chi connectivity index (χ0v) is 11.5. The van der Waals surface area contributed by atoms with Crippen LogP contribution in [0.4, 0.5) is 5.69 Å². The van der Waals surface area contributed by atoms with Crippen LogP contribution in [0, 0.1) is 11.5 Å². The first-order valence-corrected chi connectivity index (χ1v) is 6.41. The molecule has 0 aliphatic rings. The lowest BCUT2D eigenvalue weighted by atomic mass is 10.2. The van der Waals surface area contributed by atoms with E-state index in [-0.39, 0.29) is 5.11 Å². The van der Waals surface area contributed by atoms with E-state index in [4.69, 9.17) is 22.2 Å². The Bertz CT molecular complexity index is 605. The molecule has 2 rings (SSSR count). The van der Waals surface area contributed by atoms with Crippen LogP contribution in [0.25, 0.3) is 0 Å². The quantitative estimate of drug-likeness (QED) is 0.513. The molecule has 0 aromatic heterocycles. The minimum atomic E-state index is 0.269. The monoisotopic (exact) mass is 283 g/mol. The second-order valence-corrected chi connectivity index (χ2v) is 4.40. The number of ether oxygens (including phenoxy) is 1. The first kappa shape index (κ1) is 13.8. The standard InChI is InChI=1S/C15H13N3OS/c16-11-17-15(20)18-13-6-8-14(9-7-13)19-10-12-4-2-1-3-5-12/h1-9H,10H2,(H2,17,18,20). The number of anilines is 1. The maximum Gasteiger partial charge on any atom is 0.184 e. The molecule has 0 saturated carbocycles. The molecule has 5 heteroatoms. The van der Waals surface area contributed by atoms with Crippen molar-refractivity contribution in [2.75, 3.05) is 5.32 Å². The van der Waals surface area contributed by atoms with Gasteiger partial charge in [0.05, 0.1) is 0 Å². The Morgan fingerprint density at radius 2 is 1.80 bits per heavy atom. The Labute approximate surface area is 123 Å². The highest BCUT2D eigenvalue weighted by molar-refractivity contribution is 7.80. The van der Waals surface area contributed by atoms with Crippen molar-refractivity contribution in [3.63, 3.8) is 0 Å². The van der Waals surface area contributed by atoms with Crippen LogP contribution in [0.5, 0.6) is 5.75 Å². The van der Waals surface area contributed by atoms with E-state index in [1.165, 1.54) is 0 Å². The van der Waals surface area contributed by atoms with Crippen LogP contribution in [0.15, 0.2) is 54.6 Å². The van der Waals surface area contributed by atoms with E-state index in [0.717, 1.165) is 17.0 Å². The lowest BCUT2D eigenvalue weighted by Gasteiger charge is -2.08. The molecule has 2 N–H and O–H groups in total. The topological polar surface area (TPSA) is 57.1 Å². The predicted molar refractivity (Wildman–Crippen MR) is 82.2 cm³/mol. The SMILES string of the molecule is N#CNC(=S)Nc1ccc(OCc2ccccc2)cc1. The third-order valence-electron chi connectivity index (χ3n) is 2.53. The molecule has 100 valence electrons. The molecule has 0 unspecified atom stereocenters. The smallest absolute Gasteiger partial charge is 0.184 e. The molecule has 0 amide bonds. The van der Waals surface area contributed by atoms with Gasteiger partial charge in [-0.15, -0.1) is 0 Å². The van der Waals surface area contributed by atoms with Gasteiger partial charge in [0.15, 0.2) is 11.3 Å². The molecule has 0 radical (unpaired) electrons. The highest BCUT2D eigenvalue weighted by Crippen LogP contribution is 2.17. The van der Waals surface area contributed by atoms with E-state index >= 15 is 0 Å². The zero-order chi connectivity index (χ0) is 14.2. The average Bonchev–Trinajstić information content (AvgIpc) is 2.48. The van der Waals surface area contributed by atoms with Crippen molar-refractivity contribution >= 4 is 23.0 Å². The fraction of sp³-hybridized carbons (Fsp3) is 0.0667. The predicted octanol–water partition coefficient (Wildman–Crippen LogP) is 3.03. The van der Waals surface area contributed by atoms with Crippen LogP contribution in [0.1, 0.15) is 5.56 Å². The molecule has 4 nitrogen and oxygen atoms in total. The molecule has 0 aliphatic carbocycles. The molecule has 2 aromatic carbocycles. The van der Waals surface area contributed by atoms with Crippen molar-refractivity contribution in [1.82, 2.24) is 5.32 Å². The molecule has 0 aliphatic heterocycles. The van der Waals surface area contributed by atoms with Crippen molar-refractivity contribution in [1.29, 1.82) is 5.26 Å². The van der Waals surface area contributed by atoms with Crippen molar-refractivity contribution in [2.24, 2.45) is 0 Å². The first-order valence-electron chi connectivity index (χ1n) is 6.01. The van der Waals surface area contributed by atoms with E-state index in [1.807, 2.05) is 54.6 Å². The number of nitriles is 1. The van der Waals surface area contributed by atoms with Gasteiger partial charge >= 0.3 is 0 Å². The molecular weight excluding hydrogens is 270 g/mol. The largest absolute Gasteiger partial charge is 0.489 e. The number of hydrogen-bond acceptors (Lipinski definition) is 3. The number of thiocarbonyl (C=S) groups is 1. The Hall–Kier alpha value is -2.58. The minimum Gasteiger partial charge on any atom is -0.489 e. The van der Waals surface area contributed by atoms with Gasteiger partial charge in [0.25, 0.3) is 0 Å². The van der Waals surface area contributed by atoms with Crippen LogP contribution in [-0.4, -0.2) is 5.11 Å². The third-order valence-corrected chi connectivity index (χ3v) is 2.73. The fourth-order valence-corrected chi connectivity index (χ4v) is 1.75. The van der Waals surface area contributed by atoms with Crippen molar-refractivity contribution in [3.8, 4) is 11.9 Å². The summed E-state index contributed by atoms with van der Waals surface area (Å²) in [5.74, 6) is 0.776. The van der Waals surface area contributed by atoms with Crippen molar-refractivity contribution in [2.45, 2.75) is 6.61 Å². The van der Waals surface area contributed by atoms with Gasteiger partial charge in [-0.3, -0.25) is 5.32 Å². The molecule has 0 atom stereocenters. The molecule has 0 fully saturated rings. The molecule has 0 spiro atoms. The number of benzene rings is 2. The summed E-state index contributed by atoms with van der Waals surface area (Å²) in [5, 5.41) is 13.9. The van der Waals surface area contributed by atoms with Crippen LogP contribution in [-0.2, 0) is 6.61 Å². The second kappa shape index (κ2) is 7.12. The Balaban J connectivity index is 1.89. The molecule has 20 heavy (non-hydrogen) atoms. The summed E-state index contributed by atoms with van der Waals surface area (Å²) in [6.45, 7) is 0.530. The van der Waals surface area contributed by atoms with E-state index in [9.17, 15) is 0 Å². The van der Waals surface area contributed by atoms with E-state index in [0.29, 0.717) is 6.61 Å². The van der Waals surface area contributed by atoms with Crippen LogP contribution in [0.2, 0.25) is 0 Å².